The topological polar surface area (TPSA) is 54.7 Å². The van der Waals surface area contributed by atoms with Crippen molar-refractivity contribution in [1.29, 1.82) is 0 Å². The first-order valence-corrected chi connectivity index (χ1v) is 6.02. The number of aromatic nitrogens is 2. The van der Waals surface area contributed by atoms with E-state index < -0.39 is 0 Å². The molecule has 0 atom stereocenters. The molecule has 0 bridgehead atoms. The van der Waals surface area contributed by atoms with Crippen LogP contribution in [0.5, 0.6) is 0 Å². The number of anilines is 1. The van der Waals surface area contributed by atoms with E-state index in [0.29, 0.717) is 5.82 Å². The zero-order valence-electron chi connectivity index (χ0n) is 8.94. The van der Waals surface area contributed by atoms with Crippen LogP contribution < -0.4 is 5.73 Å². The predicted molar refractivity (Wildman–Crippen MR) is 73.6 cm³/mol. The standard InChI is InChI=1S/C13H10BrN3/c14-10-3-1-2-8-6-11(17-13(8)10)9-4-5-12(15)16-7-9/h1-7,17H,(H2,15,16). The second-order valence-corrected chi connectivity index (χ2v) is 4.71. The average molecular weight is 288 g/mol. The van der Waals surface area contributed by atoms with Crippen LogP contribution in [0, 0.1) is 0 Å². The molecule has 0 aliphatic heterocycles. The van der Waals surface area contributed by atoms with Gasteiger partial charge in [-0.25, -0.2) is 4.98 Å². The molecule has 0 aliphatic rings. The summed E-state index contributed by atoms with van der Waals surface area (Å²) >= 11 is 3.53. The molecule has 2 heterocycles. The van der Waals surface area contributed by atoms with Crippen molar-refractivity contribution in [2.45, 2.75) is 0 Å². The van der Waals surface area contributed by atoms with Gasteiger partial charge in [-0.1, -0.05) is 12.1 Å². The minimum absolute atomic E-state index is 0.533. The van der Waals surface area contributed by atoms with E-state index in [4.69, 9.17) is 5.73 Å². The van der Waals surface area contributed by atoms with Gasteiger partial charge in [0.15, 0.2) is 0 Å². The maximum absolute atomic E-state index is 5.58. The number of hydrogen-bond acceptors (Lipinski definition) is 2. The molecule has 1 aromatic carbocycles. The van der Waals surface area contributed by atoms with Crippen molar-refractivity contribution in [3.05, 3.63) is 47.1 Å². The van der Waals surface area contributed by atoms with Crippen LogP contribution in [0.1, 0.15) is 0 Å². The molecule has 4 heteroatoms. The zero-order valence-corrected chi connectivity index (χ0v) is 10.5. The highest BCUT2D eigenvalue weighted by Crippen LogP contribution is 2.28. The van der Waals surface area contributed by atoms with Crippen LogP contribution in [0.15, 0.2) is 47.1 Å². The number of pyridine rings is 1. The van der Waals surface area contributed by atoms with Gasteiger partial charge in [0.2, 0.25) is 0 Å². The number of nitrogens with two attached hydrogens (primary N) is 1. The highest BCUT2D eigenvalue weighted by molar-refractivity contribution is 9.10. The number of fused-ring (bicyclic) bond motifs is 1. The third kappa shape index (κ3) is 1.80. The molecule has 0 radical (unpaired) electrons. The van der Waals surface area contributed by atoms with Crippen molar-refractivity contribution >= 4 is 32.7 Å². The Balaban J connectivity index is 2.18. The van der Waals surface area contributed by atoms with Crippen molar-refractivity contribution in [3.63, 3.8) is 0 Å². The summed E-state index contributed by atoms with van der Waals surface area (Å²) in [5.74, 6) is 0.533. The molecule has 3 rings (SSSR count). The summed E-state index contributed by atoms with van der Waals surface area (Å²) in [7, 11) is 0. The van der Waals surface area contributed by atoms with Crippen LogP contribution in [0.2, 0.25) is 0 Å². The van der Waals surface area contributed by atoms with Crippen molar-refractivity contribution in [3.8, 4) is 11.3 Å². The Hall–Kier alpha value is -1.81. The van der Waals surface area contributed by atoms with E-state index in [-0.39, 0.29) is 0 Å². The number of aromatic amines is 1. The summed E-state index contributed by atoms with van der Waals surface area (Å²) in [5.41, 5.74) is 8.74. The first-order chi connectivity index (χ1) is 8.24. The second kappa shape index (κ2) is 3.89. The molecule has 0 amide bonds. The molecule has 0 unspecified atom stereocenters. The van der Waals surface area contributed by atoms with Gasteiger partial charge in [0, 0.05) is 27.3 Å². The van der Waals surface area contributed by atoms with E-state index in [1.165, 1.54) is 5.39 Å². The normalized spacial score (nSPS) is 10.9. The third-order valence-corrected chi connectivity index (χ3v) is 3.36. The molecule has 17 heavy (non-hydrogen) atoms. The Morgan fingerprint density at radius 1 is 1.18 bits per heavy atom. The molecule has 3 nitrogen and oxygen atoms in total. The number of nitrogens with zero attached hydrogens (tertiary/aromatic N) is 1. The van der Waals surface area contributed by atoms with Crippen molar-refractivity contribution < 1.29 is 0 Å². The number of hydrogen-bond donors (Lipinski definition) is 2. The summed E-state index contributed by atoms with van der Waals surface area (Å²) in [6, 6.07) is 12.0. The lowest BCUT2D eigenvalue weighted by Gasteiger charge is -1.97. The number of H-pyrrole nitrogens is 1. The monoisotopic (exact) mass is 287 g/mol. The van der Waals surface area contributed by atoms with Crippen LogP contribution >= 0.6 is 15.9 Å². The van der Waals surface area contributed by atoms with Crippen molar-refractivity contribution in [2.75, 3.05) is 5.73 Å². The predicted octanol–water partition coefficient (Wildman–Crippen LogP) is 3.57. The van der Waals surface area contributed by atoms with Gasteiger partial charge in [0.25, 0.3) is 0 Å². The molecule has 3 N–H and O–H groups in total. The lowest BCUT2D eigenvalue weighted by Crippen LogP contribution is -1.88. The Morgan fingerprint density at radius 2 is 2.06 bits per heavy atom. The molecule has 84 valence electrons. The summed E-state index contributed by atoms with van der Waals surface area (Å²) in [6.07, 6.45) is 1.77. The van der Waals surface area contributed by atoms with Crippen LogP contribution in [0.4, 0.5) is 5.82 Å². The lowest BCUT2D eigenvalue weighted by molar-refractivity contribution is 1.32. The Bertz CT molecular complexity index is 671. The molecule has 0 spiro atoms. The van der Waals surface area contributed by atoms with Gasteiger partial charge in [0.05, 0.1) is 5.52 Å². The van der Waals surface area contributed by atoms with Crippen LogP contribution in [-0.4, -0.2) is 9.97 Å². The van der Waals surface area contributed by atoms with E-state index in [1.807, 2.05) is 18.2 Å². The molecule has 3 aromatic rings. The van der Waals surface area contributed by atoms with Crippen molar-refractivity contribution in [1.82, 2.24) is 9.97 Å². The van der Waals surface area contributed by atoms with E-state index in [0.717, 1.165) is 21.2 Å². The smallest absolute Gasteiger partial charge is 0.123 e. The second-order valence-electron chi connectivity index (χ2n) is 3.86. The van der Waals surface area contributed by atoms with Crippen LogP contribution in [0.25, 0.3) is 22.2 Å². The Labute approximate surface area is 107 Å². The van der Waals surface area contributed by atoms with Gasteiger partial charge < -0.3 is 10.7 Å². The molecule has 0 saturated carbocycles. The molecule has 0 saturated heterocycles. The zero-order chi connectivity index (χ0) is 11.8. The van der Waals surface area contributed by atoms with Gasteiger partial charge in [0.1, 0.15) is 5.82 Å². The van der Waals surface area contributed by atoms with Gasteiger partial charge in [-0.05, 0) is 40.2 Å². The van der Waals surface area contributed by atoms with Gasteiger partial charge in [-0.15, -0.1) is 0 Å². The third-order valence-electron chi connectivity index (χ3n) is 2.70. The quantitative estimate of drug-likeness (QED) is 0.719. The molecule has 2 aromatic heterocycles. The fourth-order valence-corrected chi connectivity index (χ4v) is 2.32. The van der Waals surface area contributed by atoms with E-state index in [9.17, 15) is 0 Å². The maximum Gasteiger partial charge on any atom is 0.123 e. The first kappa shape index (κ1) is 10.4. The van der Waals surface area contributed by atoms with Gasteiger partial charge >= 0.3 is 0 Å². The minimum atomic E-state index is 0.533. The fraction of sp³-hybridized carbons (Fsp3) is 0. The van der Waals surface area contributed by atoms with E-state index >= 15 is 0 Å². The van der Waals surface area contributed by atoms with E-state index in [1.54, 1.807) is 12.3 Å². The van der Waals surface area contributed by atoms with Crippen LogP contribution in [-0.2, 0) is 0 Å². The summed E-state index contributed by atoms with van der Waals surface area (Å²) in [6.45, 7) is 0. The molecular formula is C13H10BrN3. The van der Waals surface area contributed by atoms with Gasteiger partial charge in [-0.2, -0.15) is 0 Å². The summed E-state index contributed by atoms with van der Waals surface area (Å²) in [4.78, 5) is 7.47. The highest BCUT2D eigenvalue weighted by atomic mass is 79.9. The number of rotatable bonds is 1. The Kier molecular flexibility index (Phi) is 2.37. The fourth-order valence-electron chi connectivity index (χ4n) is 1.84. The number of benzene rings is 1. The molecule has 0 aliphatic carbocycles. The average Bonchev–Trinajstić information content (AvgIpc) is 2.75. The van der Waals surface area contributed by atoms with Gasteiger partial charge in [-0.3, -0.25) is 0 Å². The molecular weight excluding hydrogens is 278 g/mol. The SMILES string of the molecule is Nc1ccc(-c2cc3cccc(Br)c3[nH]2)cn1. The summed E-state index contributed by atoms with van der Waals surface area (Å²) < 4.78 is 1.06. The largest absolute Gasteiger partial charge is 0.384 e. The minimum Gasteiger partial charge on any atom is -0.384 e. The summed E-state index contributed by atoms with van der Waals surface area (Å²) in [5, 5.41) is 1.17. The number of nitrogen functional groups attached to an aromatic ring is 1. The number of para-hydroxylation sites is 1. The van der Waals surface area contributed by atoms with E-state index in [2.05, 4.69) is 38.0 Å². The lowest BCUT2D eigenvalue weighted by atomic mass is 10.2. The first-order valence-electron chi connectivity index (χ1n) is 5.23. The van der Waals surface area contributed by atoms with Crippen LogP contribution in [0.3, 0.4) is 0 Å². The maximum atomic E-state index is 5.58. The van der Waals surface area contributed by atoms with Crippen molar-refractivity contribution in [2.24, 2.45) is 0 Å². The number of halogens is 1. The highest BCUT2D eigenvalue weighted by Gasteiger charge is 2.05. The number of nitrogens with one attached hydrogen (secondary N) is 1. The Morgan fingerprint density at radius 3 is 2.76 bits per heavy atom. The molecule has 0 fully saturated rings.